The fraction of sp³-hybridized carbons (Fsp3) is 0.0182. The van der Waals surface area contributed by atoms with Gasteiger partial charge in [0, 0.05) is 38.8 Å². The Kier molecular flexibility index (Phi) is 7.02. The minimum absolute atomic E-state index is 0.178. The van der Waals surface area contributed by atoms with E-state index < -0.39 is 0 Å². The first-order valence-electron chi connectivity index (χ1n) is 19.8. The van der Waals surface area contributed by atoms with Gasteiger partial charge in [-0.2, -0.15) is 0 Å². The van der Waals surface area contributed by atoms with E-state index in [4.69, 9.17) is 0 Å². The summed E-state index contributed by atoms with van der Waals surface area (Å²) < 4.78 is 4.77. The summed E-state index contributed by atoms with van der Waals surface area (Å²) in [6.07, 6.45) is 0. The van der Waals surface area contributed by atoms with Gasteiger partial charge >= 0.3 is 0 Å². The molecule has 2 heteroatoms. The van der Waals surface area contributed by atoms with Crippen LogP contribution in [0.1, 0.15) is 22.6 Å². The Morgan fingerprint density at radius 1 is 0.281 bits per heavy atom. The summed E-state index contributed by atoms with van der Waals surface area (Å²) in [5, 5.41) is 5.06. The van der Waals surface area contributed by atoms with Crippen molar-refractivity contribution in [2.24, 2.45) is 0 Å². The van der Waals surface area contributed by atoms with Crippen molar-refractivity contribution in [3.05, 3.63) is 229 Å². The molecule has 2 nitrogen and oxygen atoms in total. The normalized spacial score (nSPS) is 12.5. The van der Waals surface area contributed by atoms with E-state index >= 15 is 0 Å². The standard InChI is InChI=1S/C55H36N2/c1-4-14-36(15-5-1)55-45-28-24-37(39-26-30-53-49(34-39)43-20-10-12-22-51(43)56(53)41-16-6-2-7-17-41)32-47(45)48-33-38(25-29-46(48)55)40-27-31-54-50(35-40)44-21-11-13-23-52(44)57(54)42-18-8-3-9-19-42/h1-35,55H. The van der Waals surface area contributed by atoms with Gasteiger partial charge < -0.3 is 9.13 Å². The molecule has 57 heavy (non-hydrogen) atoms. The lowest BCUT2D eigenvalue weighted by molar-refractivity contribution is 1.02. The van der Waals surface area contributed by atoms with Crippen LogP contribution in [0.2, 0.25) is 0 Å². The van der Waals surface area contributed by atoms with E-state index in [1.54, 1.807) is 0 Å². The van der Waals surface area contributed by atoms with Crippen molar-refractivity contribution < 1.29 is 0 Å². The van der Waals surface area contributed by atoms with Gasteiger partial charge in [0.25, 0.3) is 0 Å². The van der Waals surface area contributed by atoms with Crippen LogP contribution in [-0.2, 0) is 0 Å². The van der Waals surface area contributed by atoms with Crippen molar-refractivity contribution in [3.8, 4) is 44.8 Å². The molecule has 0 radical (unpaired) electrons. The molecule has 0 unspecified atom stereocenters. The van der Waals surface area contributed by atoms with Crippen LogP contribution in [0.4, 0.5) is 0 Å². The molecule has 1 aliphatic rings. The van der Waals surface area contributed by atoms with Crippen LogP contribution < -0.4 is 0 Å². The summed E-state index contributed by atoms with van der Waals surface area (Å²) in [5.74, 6) is 0.178. The van der Waals surface area contributed by atoms with E-state index in [0.717, 1.165) is 0 Å². The SMILES string of the molecule is c1ccc(C2c3ccc(-c4ccc5c(c4)c4ccccc4n5-c4ccccc4)cc3-c3cc(-c4ccc5c(c4)c4ccccc4n5-c4ccccc4)ccc32)cc1. The first kappa shape index (κ1) is 31.9. The molecule has 0 aliphatic heterocycles. The number of hydrogen-bond acceptors (Lipinski definition) is 0. The van der Waals surface area contributed by atoms with Crippen molar-refractivity contribution in [1.82, 2.24) is 9.13 Å². The zero-order chi connectivity index (χ0) is 37.5. The van der Waals surface area contributed by atoms with Gasteiger partial charge in [0.05, 0.1) is 22.1 Å². The number of aromatic nitrogens is 2. The molecule has 12 rings (SSSR count). The van der Waals surface area contributed by atoms with E-state index in [1.165, 1.54) is 105 Å². The maximum Gasteiger partial charge on any atom is 0.0541 e. The van der Waals surface area contributed by atoms with Crippen molar-refractivity contribution in [1.29, 1.82) is 0 Å². The second-order valence-corrected chi connectivity index (χ2v) is 15.3. The van der Waals surface area contributed by atoms with Crippen LogP contribution in [0.15, 0.2) is 212 Å². The highest BCUT2D eigenvalue weighted by atomic mass is 15.0. The third-order valence-corrected chi connectivity index (χ3v) is 12.2. The molecule has 0 fully saturated rings. The second-order valence-electron chi connectivity index (χ2n) is 15.3. The van der Waals surface area contributed by atoms with Crippen LogP contribution in [-0.4, -0.2) is 9.13 Å². The third-order valence-electron chi connectivity index (χ3n) is 12.2. The van der Waals surface area contributed by atoms with Gasteiger partial charge in [-0.25, -0.2) is 0 Å². The number of para-hydroxylation sites is 4. The summed E-state index contributed by atoms with van der Waals surface area (Å²) in [6, 6.07) is 78.2. The van der Waals surface area contributed by atoms with Crippen LogP contribution in [0.5, 0.6) is 0 Å². The Bertz CT molecular complexity index is 3130. The topological polar surface area (TPSA) is 9.86 Å². The lowest BCUT2D eigenvalue weighted by Gasteiger charge is -2.15. The Labute approximate surface area is 331 Å². The average molecular weight is 725 g/mol. The lowest BCUT2D eigenvalue weighted by atomic mass is 9.88. The van der Waals surface area contributed by atoms with Crippen molar-refractivity contribution >= 4 is 43.6 Å². The Balaban J connectivity index is 1.02. The summed E-state index contributed by atoms with van der Waals surface area (Å²) >= 11 is 0. The molecule has 0 saturated heterocycles. The average Bonchev–Trinajstić information content (AvgIpc) is 3.92. The summed E-state index contributed by atoms with van der Waals surface area (Å²) in [7, 11) is 0. The van der Waals surface area contributed by atoms with Gasteiger partial charge in [0.1, 0.15) is 0 Å². The molecule has 9 aromatic carbocycles. The van der Waals surface area contributed by atoms with Gasteiger partial charge in [0.2, 0.25) is 0 Å². The van der Waals surface area contributed by atoms with Crippen molar-refractivity contribution in [3.63, 3.8) is 0 Å². The fourth-order valence-electron chi connectivity index (χ4n) is 9.63. The maximum absolute atomic E-state index is 2.44. The molecule has 0 N–H and O–H groups in total. The van der Waals surface area contributed by atoms with E-state index in [2.05, 4.69) is 221 Å². The van der Waals surface area contributed by atoms with E-state index in [0.29, 0.717) is 0 Å². The van der Waals surface area contributed by atoms with Gasteiger partial charge in [-0.05, 0) is 123 Å². The van der Waals surface area contributed by atoms with Crippen LogP contribution in [0, 0.1) is 0 Å². The molecule has 0 spiro atoms. The molecule has 11 aromatic rings. The van der Waals surface area contributed by atoms with E-state index in [1.807, 2.05) is 0 Å². The molecule has 2 heterocycles. The summed E-state index contributed by atoms with van der Waals surface area (Å²) in [6.45, 7) is 0. The zero-order valence-corrected chi connectivity index (χ0v) is 31.2. The minimum Gasteiger partial charge on any atom is -0.309 e. The zero-order valence-electron chi connectivity index (χ0n) is 31.2. The van der Waals surface area contributed by atoms with Crippen LogP contribution in [0.25, 0.3) is 88.4 Å². The highest BCUT2D eigenvalue weighted by Gasteiger charge is 2.31. The Morgan fingerprint density at radius 2 is 0.649 bits per heavy atom. The maximum atomic E-state index is 2.44. The van der Waals surface area contributed by atoms with Gasteiger partial charge in [-0.15, -0.1) is 0 Å². The smallest absolute Gasteiger partial charge is 0.0541 e. The lowest BCUT2D eigenvalue weighted by Crippen LogP contribution is -1.98. The number of rotatable bonds is 5. The van der Waals surface area contributed by atoms with Crippen LogP contribution in [0.3, 0.4) is 0 Å². The first-order chi connectivity index (χ1) is 28.3. The summed E-state index contributed by atoms with van der Waals surface area (Å²) in [5.41, 5.74) is 18.8. The van der Waals surface area contributed by atoms with Crippen molar-refractivity contribution in [2.75, 3.05) is 0 Å². The van der Waals surface area contributed by atoms with Crippen molar-refractivity contribution in [2.45, 2.75) is 5.92 Å². The molecule has 266 valence electrons. The number of nitrogens with zero attached hydrogens (tertiary/aromatic N) is 2. The predicted molar refractivity (Wildman–Crippen MR) is 239 cm³/mol. The van der Waals surface area contributed by atoms with Gasteiger partial charge in [0.15, 0.2) is 0 Å². The van der Waals surface area contributed by atoms with E-state index in [9.17, 15) is 0 Å². The molecule has 1 aliphatic carbocycles. The predicted octanol–water partition coefficient (Wildman–Crippen LogP) is 14.4. The molecule has 0 atom stereocenters. The Morgan fingerprint density at radius 3 is 1.12 bits per heavy atom. The molecular formula is C55H36N2. The number of fused-ring (bicyclic) bond motifs is 9. The van der Waals surface area contributed by atoms with Gasteiger partial charge in [-0.1, -0.05) is 140 Å². The first-order valence-corrected chi connectivity index (χ1v) is 19.8. The monoisotopic (exact) mass is 724 g/mol. The van der Waals surface area contributed by atoms with Gasteiger partial charge in [-0.3, -0.25) is 0 Å². The third kappa shape index (κ3) is 4.91. The minimum atomic E-state index is 0.178. The fourth-order valence-corrected chi connectivity index (χ4v) is 9.63. The highest BCUT2D eigenvalue weighted by molar-refractivity contribution is 6.11. The summed E-state index contributed by atoms with van der Waals surface area (Å²) in [4.78, 5) is 0. The largest absolute Gasteiger partial charge is 0.309 e. The molecule has 2 aromatic heterocycles. The van der Waals surface area contributed by atoms with Crippen LogP contribution >= 0.6 is 0 Å². The number of benzene rings is 9. The molecule has 0 saturated carbocycles. The second kappa shape index (κ2) is 12.6. The molecule has 0 bridgehead atoms. The molecular weight excluding hydrogens is 689 g/mol. The number of hydrogen-bond donors (Lipinski definition) is 0. The van der Waals surface area contributed by atoms with E-state index in [-0.39, 0.29) is 5.92 Å². The quantitative estimate of drug-likeness (QED) is 0.167. The molecule has 0 amide bonds. The Hall–Kier alpha value is -7.42. The highest BCUT2D eigenvalue weighted by Crippen LogP contribution is 2.50.